The van der Waals surface area contributed by atoms with E-state index in [0.29, 0.717) is 6.42 Å². The molecule has 6 heteroatoms. The molecule has 0 aromatic heterocycles. The minimum atomic E-state index is -0.779. The Morgan fingerprint density at radius 1 is 1.21 bits per heavy atom. The molecule has 108 valence electrons. The number of hydrogen-bond donors (Lipinski definition) is 3. The molecular formula is C13H22N2O3S. The van der Waals surface area contributed by atoms with Gasteiger partial charge in [-0.2, -0.15) is 11.8 Å². The first-order valence-electron chi connectivity index (χ1n) is 7.03. The highest BCUT2D eigenvalue weighted by Gasteiger charge is 2.32. The van der Waals surface area contributed by atoms with E-state index in [2.05, 4.69) is 10.6 Å². The molecule has 0 spiro atoms. The fraction of sp³-hybridized carbons (Fsp3) is 0.846. The molecule has 1 saturated carbocycles. The lowest BCUT2D eigenvalue weighted by Crippen LogP contribution is -2.53. The normalized spacial score (nSPS) is 32.3. The minimum absolute atomic E-state index is 0.0367. The van der Waals surface area contributed by atoms with E-state index in [1.807, 2.05) is 0 Å². The molecule has 1 amide bonds. The molecule has 2 fully saturated rings. The van der Waals surface area contributed by atoms with Crippen molar-refractivity contribution in [1.82, 2.24) is 10.6 Å². The Morgan fingerprint density at radius 2 is 2.00 bits per heavy atom. The molecule has 0 aromatic carbocycles. The van der Waals surface area contributed by atoms with Gasteiger partial charge in [0.1, 0.15) is 0 Å². The number of rotatable bonds is 3. The van der Waals surface area contributed by atoms with Crippen LogP contribution in [0.5, 0.6) is 0 Å². The van der Waals surface area contributed by atoms with Crippen molar-refractivity contribution in [2.75, 3.05) is 18.1 Å². The van der Waals surface area contributed by atoms with Crippen LogP contribution in [0, 0.1) is 5.92 Å². The van der Waals surface area contributed by atoms with Gasteiger partial charge in [-0.3, -0.25) is 9.59 Å². The Morgan fingerprint density at radius 3 is 2.68 bits per heavy atom. The molecule has 3 N–H and O–H groups in total. The minimum Gasteiger partial charge on any atom is -0.481 e. The van der Waals surface area contributed by atoms with Crippen LogP contribution in [0.1, 0.15) is 32.1 Å². The van der Waals surface area contributed by atoms with Crippen LogP contribution >= 0.6 is 11.8 Å². The Balaban J connectivity index is 1.93. The number of thioether (sulfide) groups is 1. The van der Waals surface area contributed by atoms with E-state index in [0.717, 1.165) is 43.7 Å². The van der Waals surface area contributed by atoms with Crippen molar-refractivity contribution < 1.29 is 14.7 Å². The lowest BCUT2D eigenvalue weighted by molar-refractivity contribution is -0.143. The van der Waals surface area contributed by atoms with Crippen LogP contribution in [0.3, 0.4) is 0 Å². The number of amides is 1. The van der Waals surface area contributed by atoms with E-state index in [1.165, 1.54) is 0 Å². The van der Waals surface area contributed by atoms with Crippen molar-refractivity contribution in [2.45, 2.75) is 44.2 Å². The monoisotopic (exact) mass is 286 g/mol. The van der Waals surface area contributed by atoms with Crippen LogP contribution in [0.4, 0.5) is 0 Å². The van der Waals surface area contributed by atoms with Gasteiger partial charge in [-0.15, -0.1) is 0 Å². The van der Waals surface area contributed by atoms with Crippen molar-refractivity contribution in [1.29, 1.82) is 0 Å². The number of aliphatic carboxylic acids is 1. The van der Waals surface area contributed by atoms with Crippen molar-refractivity contribution in [2.24, 2.45) is 5.92 Å². The lowest BCUT2D eigenvalue weighted by atomic mass is 9.94. The zero-order valence-electron chi connectivity index (χ0n) is 11.1. The molecular weight excluding hydrogens is 264 g/mol. The number of carbonyl (C=O) groups is 2. The summed E-state index contributed by atoms with van der Waals surface area (Å²) in [6, 6.07) is -0.377. The molecule has 1 aliphatic carbocycles. The largest absolute Gasteiger partial charge is 0.481 e. The fourth-order valence-electron chi connectivity index (χ4n) is 2.79. The molecule has 1 aliphatic heterocycles. The lowest BCUT2D eigenvalue weighted by Gasteiger charge is -2.27. The van der Waals surface area contributed by atoms with E-state index in [1.54, 1.807) is 11.8 Å². The second-order valence-corrected chi connectivity index (χ2v) is 6.43. The second-order valence-electron chi connectivity index (χ2n) is 5.28. The highest BCUT2D eigenvalue weighted by molar-refractivity contribution is 7.99. The number of carboxylic acid groups (broad SMARTS) is 1. The molecule has 3 atom stereocenters. The molecule has 2 rings (SSSR count). The third-order valence-corrected chi connectivity index (χ3v) is 4.96. The number of carbonyl (C=O) groups excluding carboxylic acids is 1. The molecule has 1 saturated heterocycles. The standard InChI is InChI=1S/C13H22N2O3S/c16-12(11-8-19-7-6-14-11)15-10-5-3-1-2-4-9(10)13(17)18/h9-11,14H,1-8H2,(H,15,16)(H,17,18). The molecule has 0 aromatic rings. The average Bonchev–Trinajstić information content (AvgIpc) is 2.65. The summed E-state index contributed by atoms with van der Waals surface area (Å²) in [5.41, 5.74) is 0. The predicted octanol–water partition coefficient (Wildman–Crippen LogP) is 0.841. The molecule has 1 heterocycles. The molecule has 2 aliphatic rings. The Bertz CT molecular complexity index is 332. The van der Waals surface area contributed by atoms with E-state index in [4.69, 9.17) is 0 Å². The van der Waals surface area contributed by atoms with Crippen molar-refractivity contribution >= 4 is 23.6 Å². The Hall–Kier alpha value is -0.750. The van der Waals surface area contributed by atoms with Crippen molar-refractivity contribution in [3.63, 3.8) is 0 Å². The zero-order valence-corrected chi connectivity index (χ0v) is 11.9. The van der Waals surface area contributed by atoms with Gasteiger partial charge in [-0.05, 0) is 12.8 Å². The van der Waals surface area contributed by atoms with Gasteiger partial charge < -0.3 is 15.7 Å². The summed E-state index contributed by atoms with van der Waals surface area (Å²) >= 11 is 1.76. The third-order valence-electron chi connectivity index (χ3n) is 3.90. The van der Waals surface area contributed by atoms with Crippen LogP contribution in [-0.4, -0.2) is 47.1 Å². The Labute approximate surface area is 117 Å². The molecule has 0 radical (unpaired) electrons. The molecule has 0 bridgehead atoms. The smallest absolute Gasteiger partial charge is 0.308 e. The maximum atomic E-state index is 12.2. The highest BCUT2D eigenvalue weighted by Crippen LogP contribution is 2.24. The summed E-state index contributed by atoms with van der Waals surface area (Å²) in [5.74, 6) is 0.563. The maximum absolute atomic E-state index is 12.2. The van der Waals surface area contributed by atoms with E-state index >= 15 is 0 Å². The number of hydrogen-bond acceptors (Lipinski definition) is 4. The summed E-state index contributed by atoms with van der Waals surface area (Å²) in [6.45, 7) is 0.843. The van der Waals surface area contributed by atoms with E-state index in [9.17, 15) is 14.7 Å². The van der Waals surface area contributed by atoms with Gasteiger partial charge in [-0.1, -0.05) is 19.3 Å². The summed E-state index contributed by atoms with van der Waals surface area (Å²) in [7, 11) is 0. The maximum Gasteiger partial charge on any atom is 0.308 e. The van der Waals surface area contributed by atoms with Crippen LogP contribution in [0.2, 0.25) is 0 Å². The SMILES string of the molecule is O=C(NC1CCCCCC1C(=O)O)C1CSCCN1. The molecule has 19 heavy (non-hydrogen) atoms. The summed E-state index contributed by atoms with van der Waals surface area (Å²) in [4.78, 5) is 23.5. The van der Waals surface area contributed by atoms with Crippen LogP contribution in [0.25, 0.3) is 0 Å². The fourth-order valence-corrected chi connectivity index (χ4v) is 3.73. The zero-order chi connectivity index (χ0) is 13.7. The van der Waals surface area contributed by atoms with Crippen LogP contribution < -0.4 is 10.6 Å². The van der Waals surface area contributed by atoms with Gasteiger partial charge in [0.25, 0.3) is 0 Å². The molecule has 5 nitrogen and oxygen atoms in total. The summed E-state index contributed by atoms with van der Waals surface area (Å²) < 4.78 is 0. The van der Waals surface area contributed by atoms with Gasteiger partial charge in [0, 0.05) is 24.1 Å². The first-order valence-corrected chi connectivity index (χ1v) is 8.18. The van der Waals surface area contributed by atoms with Gasteiger partial charge in [0.2, 0.25) is 5.91 Å². The topological polar surface area (TPSA) is 78.4 Å². The van der Waals surface area contributed by atoms with E-state index in [-0.39, 0.29) is 18.0 Å². The van der Waals surface area contributed by atoms with Gasteiger partial charge in [0.05, 0.1) is 12.0 Å². The first-order chi connectivity index (χ1) is 9.18. The third kappa shape index (κ3) is 4.11. The van der Waals surface area contributed by atoms with Crippen molar-refractivity contribution in [3.8, 4) is 0 Å². The molecule has 3 unspecified atom stereocenters. The quantitative estimate of drug-likeness (QED) is 0.670. The van der Waals surface area contributed by atoms with Gasteiger partial charge in [0.15, 0.2) is 0 Å². The van der Waals surface area contributed by atoms with Crippen LogP contribution in [0.15, 0.2) is 0 Å². The Kier molecular flexibility index (Phi) is 5.51. The summed E-state index contributed by atoms with van der Waals surface area (Å²) in [5, 5.41) is 15.4. The van der Waals surface area contributed by atoms with E-state index < -0.39 is 11.9 Å². The highest BCUT2D eigenvalue weighted by atomic mass is 32.2. The average molecular weight is 286 g/mol. The van der Waals surface area contributed by atoms with Crippen molar-refractivity contribution in [3.05, 3.63) is 0 Å². The number of carboxylic acids is 1. The predicted molar refractivity (Wildman–Crippen MR) is 75.3 cm³/mol. The number of nitrogens with one attached hydrogen (secondary N) is 2. The van der Waals surface area contributed by atoms with Gasteiger partial charge in [-0.25, -0.2) is 0 Å². The van der Waals surface area contributed by atoms with Crippen LogP contribution in [-0.2, 0) is 9.59 Å². The first kappa shape index (κ1) is 14.7. The van der Waals surface area contributed by atoms with Gasteiger partial charge >= 0.3 is 5.97 Å². The second kappa shape index (κ2) is 7.14. The summed E-state index contributed by atoms with van der Waals surface area (Å²) in [6.07, 6.45) is 4.46.